The molecule has 2 heteroatoms. The molecule has 0 bridgehead atoms. The number of aliphatic hydroxyl groups excluding tert-OH is 1. The molecular formula is C12H19NO. The van der Waals surface area contributed by atoms with Crippen LogP contribution in [0.1, 0.15) is 26.3 Å². The molecule has 2 nitrogen and oxygen atoms in total. The minimum atomic E-state index is 0.111. The first kappa shape index (κ1) is 11.1. The van der Waals surface area contributed by atoms with Gasteiger partial charge in [0.2, 0.25) is 0 Å². The maximum Gasteiger partial charge on any atom is 0.0681 e. The van der Waals surface area contributed by atoms with Crippen molar-refractivity contribution >= 4 is 5.69 Å². The molecule has 0 heterocycles. The third kappa shape index (κ3) is 3.04. The Labute approximate surface area is 86.0 Å². The molecule has 0 radical (unpaired) electrons. The van der Waals surface area contributed by atoms with E-state index in [1.54, 1.807) is 0 Å². The van der Waals surface area contributed by atoms with Crippen LogP contribution in [0.3, 0.4) is 0 Å². The van der Waals surface area contributed by atoms with Crippen LogP contribution in [-0.2, 0) is 6.61 Å². The van der Waals surface area contributed by atoms with Gasteiger partial charge in [0.05, 0.1) is 6.61 Å². The van der Waals surface area contributed by atoms with Crippen LogP contribution in [0, 0.1) is 5.92 Å². The molecule has 1 unspecified atom stereocenters. The fourth-order valence-corrected chi connectivity index (χ4v) is 1.14. The van der Waals surface area contributed by atoms with Crippen LogP contribution in [-0.4, -0.2) is 11.1 Å². The second-order valence-corrected chi connectivity index (χ2v) is 4.03. The minimum Gasteiger partial charge on any atom is -0.392 e. The van der Waals surface area contributed by atoms with Crippen LogP contribution in [0.5, 0.6) is 0 Å². The van der Waals surface area contributed by atoms with Gasteiger partial charge in [-0.1, -0.05) is 26.0 Å². The Hall–Kier alpha value is -1.02. The smallest absolute Gasteiger partial charge is 0.0681 e. The van der Waals surface area contributed by atoms with Gasteiger partial charge in [-0.3, -0.25) is 0 Å². The molecule has 0 aliphatic rings. The van der Waals surface area contributed by atoms with Crippen LogP contribution in [0.15, 0.2) is 24.3 Å². The Morgan fingerprint density at radius 2 is 1.71 bits per heavy atom. The number of aliphatic hydroxyl groups is 1. The van der Waals surface area contributed by atoms with E-state index in [4.69, 9.17) is 5.11 Å². The summed E-state index contributed by atoms with van der Waals surface area (Å²) in [4.78, 5) is 0. The van der Waals surface area contributed by atoms with Gasteiger partial charge in [-0.05, 0) is 30.5 Å². The molecule has 0 aliphatic heterocycles. The van der Waals surface area contributed by atoms with Gasteiger partial charge in [0.25, 0.3) is 0 Å². The normalized spacial score (nSPS) is 12.9. The van der Waals surface area contributed by atoms with E-state index < -0.39 is 0 Å². The molecule has 0 saturated heterocycles. The van der Waals surface area contributed by atoms with Crippen LogP contribution in [0.2, 0.25) is 0 Å². The summed E-state index contributed by atoms with van der Waals surface area (Å²) in [7, 11) is 0. The Balaban J connectivity index is 2.59. The molecule has 0 spiro atoms. The maximum atomic E-state index is 8.88. The molecule has 1 aromatic carbocycles. The topological polar surface area (TPSA) is 32.3 Å². The molecule has 78 valence electrons. The summed E-state index contributed by atoms with van der Waals surface area (Å²) >= 11 is 0. The number of hydrogen-bond acceptors (Lipinski definition) is 2. The van der Waals surface area contributed by atoms with Gasteiger partial charge in [0, 0.05) is 11.7 Å². The Morgan fingerprint density at radius 1 is 1.14 bits per heavy atom. The molecule has 0 fully saturated rings. The zero-order valence-electron chi connectivity index (χ0n) is 9.12. The number of anilines is 1. The van der Waals surface area contributed by atoms with Crippen molar-refractivity contribution in [2.75, 3.05) is 5.32 Å². The van der Waals surface area contributed by atoms with Gasteiger partial charge >= 0.3 is 0 Å². The summed E-state index contributed by atoms with van der Waals surface area (Å²) < 4.78 is 0. The lowest BCUT2D eigenvalue weighted by molar-refractivity contribution is 0.282. The summed E-state index contributed by atoms with van der Waals surface area (Å²) in [6.07, 6.45) is 0. The van der Waals surface area contributed by atoms with Crippen molar-refractivity contribution in [3.63, 3.8) is 0 Å². The van der Waals surface area contributed by atoms with Gasteiger partial charge in [-0.2, -0.15) is 0 Å². The van der Waals surface area contributed by atoms with Crippen LogP contribution >= 0.6 is 0 Å². The molecule has 1 rings (SSSR count). The maximum absolute atomic E-state index is 8.88. The zero-order valence-corrected chi connectivity index (χ0v) is 9.12. The van der Waals surface area contributed by atoms with E-state index in [0.717, 1.165) is 11.3 Å². The van der Waals surface area contributed by atoms with E-state index in [2.05, 4.69) is 26.1 Å². The van der Waals surface area contributed by atoms with Crippen molar-refractivity contribution in [3.05, 3.63) is 29.8 Å². The second kappa shape index (κ2) is 5.01. The summed E-state index contributed by atoms with van der Waals surface area (Å²) in [5, 5.41) is 12.3. The molecule has 1 aromatic rings. The van der Waals surface area contributed by atoms with Gasteiger partial charge in [0.15, 0.2) is 0 Å². The fraction of sp³-hybridized carbons (Fsp3) is 0.500. The van der Waals surface area contributed by atoms with E-state index >= 15 is 0 Å². The van der Waals surface area contributed by atoms with E-state index in [0.29, 0.717) is 12.0 Å². The standard InChI is InChI=1S/C12H19NO/c1-9(2)10(3)13-12-6-4-11(8-14)5-7-12/h4-7,9-10,13-14H,8H2,1-3H3. The summed E-state index contributed by atoms with van der Waals surface area (Å²) in [5.74, 6) is 0.618. The molecule has 0 amide bonds. The first-order valence-electron chi connectivity index (χ1n) is 5.10. The monoisotopic (exact) mass is 193 g/mol. The molecular weight excluding hydrogens is 174 g/mol. The van der Waals surface area contributed by atoms with Gasteiger partial charge in [0.1, 0.15) is 0 Å². The Kier molecular flexibility index (Phi) is 3.96. The highest BCUT2D eigenvalue weighted by atomic mass is 16.3. The molecule has 2 N–H and O–H groups in total. The van der Waals surface area contributed by atoms with Crippen molar-refractivity contribution in [2.24, 2.45) is 5.92 Å². The lowest BCUT2D eigenvalue weighted by Gasteiger charge is -2.18. The van der Waals surface area contributed by atoms with Crippen molar-refractivity contribution < 1.29 is 5.11 Å². The minimum absolute atomic E-state index is 0.111. The average Bonchev–Trinajstić information content (AvgIpc) is 2.19. The van der Waals surface area contributed by atoms with Crippen molar-refractivity contribution in [2.45, 2.75) is 33.4 Å². The van der Waals surface area contributed by atoms with Crippen molar-refractivity contribution in [1.82, 2.24) is 0 Å². The Bertz CT molecular complexity index is 266. The van der Waals surface area contributed by atoms with Crippen LogP contribution in [0.25, 0.3) is 0 Å². The molecule has 0 aliphatic carbocycles. The first-order chi connectivity index (χ1) is 6.63. The summed E-state index contributed by atoms with van der Waals surface area (Å²) in [6, 6.07) is 8.36. The quantitative estimate of drug-likeness (QED) is 0.770. The fourth-order valence-electron chi connectivity index (χ4n) is 1.14. The average molecular weight is 193 g/mol. The largest absolute Gasteiger partial charge is 0.392 e. The first-order valence-corrected chi connectivity index (χ1v) is 5.10. The predicted molar refractivity (Wildman–Crippen MR) is 60.3 cm³/mol. The van der Waals surface area contributed by atoms with Crippen molar-refractivity contribution in [1.29, 1.82) is 0 Å². The highest BCUT2D eigenvalue weighted by Crippen LogP contribution is 2.13. The van der Waals surface area contributed by atoms with E-state index in [-0.39, 0.29) is 6.61 Å². The van der Waals surface area contributed by atoms with Gasteiger partial charge in [-0.15, -0.1) is 0 Å². The highest BCUT2D eigenvalue weighted by molar-refractivity contribution is 5.45. The summed E-state index contributed by atoms with van der Waals surface area (Å²) in [6.45, 7) is 6.67. The lowest BCUT2D eigenvalue weighted by atomic mass is 10.1. The number of nitrogens with one attached hydrogen (secondary N) is 1. The van der Waals surface area contributed by atoms with E-state index in [1.807, 2.05) is 24.3 Å². The molecule has 0 saturated carbocycles. The summed E-state index contributed by atoms with van der Waals surface area (Å²) in [5.41, 5.74) is 2.07. The molecule has 1 atom stereocenters. The lowest BCUT2D eigenvalue weighted by Crippen LogP contribution is -2.21. The van der Waals surface area contributed by atoms with Crippen LogP contribution in [0.4, 0.5) is 5.69 Å². The zero-order chi connectivity index (χ0) is 10.6. The van der Waals surface area contributed by atoms with E-state index in [1.165, 1.54) is 0 Å². The third-order valence-corrected chi connectivity index (χ3v) is 2.53. The van der Waals surface area contributed by atoms with Gasteiger partial charge < -0.3 is 10.4 Å². The van der Waals surface area contributed by atoms with E-state index in [9.17, 15) is 0 Å². The second-order valence-electron chi connectivity index (χ2n) is 4.03. The predicted octanol–water partition coefficient (Wildman–Crippen LogP) is 2.64. The third-order valence-electron chi connectivity index (χ3n) is 2.53. The van der Waals surface area contributed by atoms with Crippen LogP contribution < -0.4 is 5.32 Å². The molecule has 0 aromatic heterocycles. The molecule has 14 heavy (non-hydrogen) atoms. The number of hydrogen-bond donors (Lipinski definition) is 2. The van der Waals surface area contributed by atoms with Gasteiger partial charge in [-0.25, -0.2) is 0 Å². The number of rotatable bonds is 4. The Morgan fingerprint density at radius 3 is 2.14 bits per heavy atom. The van der Waals surface area contributed by atoms with Crippen molar-refractivity contribution in [3.8, 4) is 0 Å². The number of benzene rings is 1. The highest BCUT2D eigenvalue weighted by Gasteiger charge is 2.05. The SMILES string of the molecule is CC(C)C(C)Nc1ccc(CO)cc1.